The second-order valence-electron chi connectivity index (χ2n) is 3.79. The molecule has 14 heavy (non-hydrogen) atoms. The van der Waals surface area contributed by atoms with E-state index in [0.717, 1.165) is 45.6 Å². The highest BCUT2D eigenvalue weighted by Gasteiger charge is 1.98. The third kappa shape index (κ3) is 9.96. The van der Waals surface area contributed by atoms with Gasteiger partial charge in [0.2, 0.25) is 0 Å². The molecule has 0 saturated carbocycles. The lowest BCUT2D eigenvalue weighted by Gasteiger charge is -2.08. The van der Waals surface area contributed by atoms with E-state index >= 15 is 0 Å². The van der Waals surface area contributed by atoms with Gasteiger partial charge in [0.15, 0.2) is 0 Å². The molecule has 0 aliphatic rings. The van der Waals surface area contributed by atoms with Crippen LogP contribution in [0.25, 0.3) is 0 Å². The van der Waals surface area contributed by atoms with Crippen molar-refractivity contribution in [1.82, 2.24) is 5.32 Å². The number of hydrogen-bond acceptors (Lipinski definition) is 3. The van der Waals surface area contributed by atoms with Gasteiger partial charge in [-0.2, -0.15) is 0 Å². The molecule has 0 aliphatic heterocycles. The molecule has 0 aromatic rings. The van der Waals surface area contributed by atoms with Crippen LogP contribution in [-0.2, 0) is 4.74 Å². The van der Waals surface area contributed by atoms with Crippen LogP contribution in [0.5, 0.6) is 0 Å². The Bertz CT molecular complexity index is 109. The van der Waals surface area contributed by atoms with Crippen molar-refractivity contribution in [3.05, 3.63) is 0 Å². The summed E-state index contributed by atoms with van der Waals surface area (Å²) in [5, 5.41) is 12.1. The van der Waals surface area contributed by atoms with Gasteiger partial charge in [-0.1, -0.05) is 13.8 Å². The van der Waals surface area contributed by atoms with Crippen LogP contribution in [0.1, 0.15) is 33.1 Å². The average molecular weight is 203 g/mol. The van der Waals surface area contributed by atoms with Crippen LogP contribution in [0.3, 0.4) is 0 Å². The summed E-state index contributed by atoms with van der Waals surface area (Å²) in [6.45, 7) is 8.13. The first-order chi connectivity index (χ1) is 6.81. The van der Waals surface area contributed by atoms with Crippen molar-refractivity contribution < 1.29 is 9.84 Å². The molecule has 0 spiro atoms. The number of ether oxygens (including phenoxy) is 1. The van der Waals surface area contributed by atoms with Crippen molar-refractivity contribution in [3.63, 3.8) is 0 Å². The summed E-state index contributed by atoms with van der Waals surface area (Å²) in [5.41, 5.74) is 0. The fraction of sp³-hybridized carbons (Fsp3) is 1.00. The molecular weight excluding hydrogens is 178 g/mol. The molecule has 1 atom stereocenters. The maximum absolute atomic E-state index is 8.79. The van der Waals surface area contributed by atoms with Gasteiger partial charge in [-0.05, 0) is 31.7 Å². The molecular formula is C11H25NO2. The van der Waals surface area contributed by atoms with E-state index in [9.17, 15) is 0 Å². The molecule has 0 aromatic heterocycles. The van der Waals surface area contributed by atoms with Crippen LogP contribution < -0.4 is 5.32 Å². The fourth-order valence-corrected chi connectivity index (χ4v) is 1.18. The van der Waals surface area contributed by atoms with E-state index in [0.29, 0.717) is 12.5 Å². The summed E-state index contributed by atoms with van der Waals surface area (Å²) in [5.74, 6) is 0.438. The minimum atomic E-state index is 0.305. The molecule has 0 rings (SSSR count). The molecule has 0 heterocycles. The molecule has 0 saturated heterocycles. The number of aliphatic hydroxyl groups excluding tert-OH is 1. The van der Waals surface area contributed by atoms with Crippen LogP contribution in [-0.4, -0.2) is 38.0 Å². The lowest BCUT2D eigenvalue weighted by molar-refractivity contribution is 0.136. The maximum Gasteiger partial charge on any atom is 0.0590 e. The van der Waals surface area contributed by atoms with Crippen LogP contribution in [0.4, 0.5) is 0 Å². The summed E-state index contributed by atoms with van der Waals surface area (Å²) in [6, 6.07) is 0. The number of hydrogen-bond donors (Lipinski definition) is 2. The lowest BCUT2D eigenvalue weighted by atomic mass is 10.1. The molecule has 0 radical (unpaired) electrons. The summed E-state index contributed by atoms with van der Waals surface area (Å²) < 4.78 is 5.33. The first-order valence-corrected chi connectivity index (χ1v) is 5.70. The molecule has 3 heteroatoms. The summed E-state index contributed by atoms with van der Waals surface area (Å²) in [4.78, 5) is 0. The molecule has 1 unspecified atom stereocenters. The topological polar surface area (TPSA) is 41.5 Å². The van der Waals surface area contributed by atoms with Gasteiger partial charge in [-0.15, -0.1) is 0 Å². The molecule has 0 bridgehead atoms. The van der Waals surface area contributed by atoms with E-state index in [1.807, 2.05) is 0 Å². The van der Waals surface area contributed by atoms with Gasteiger partial charge in [0.05, 0.1) is 6.61 Å². The van der Waals surface area contributed by atoms with E-state index in [4.69, 9.17) is 9.84 Å². The Hall–Kier alpha value is -0.120. The Kier molecular flexibility index (Phi) is 10.9. The monoisotopic (exact) mass is 203 g/mol. The van der Waals surface area contributed by atoms with Crippen molar-refractivity contribution in [2.75, 3.05) is 32.9 Å². The fourth-order valence-electron chi connectivity index (χ4n) is 1.18. The van der Waals surface area contributed by atoms with E-state index in [1.165, 1.54) is 0 Å². The van der Waals surface area contributed by atoms with Crippen molar-refractivity contribution in [1.29, 1.82) is 0 Å². The first kappa shape index (κ1) is 13.9. The molecule has 0 aromatic carbocycles. The Morgan fingerprint density at radius 3 is 2.71 bits per heavy atom. The molecule has 86 valence electrons. The first-order valence-electron chi connectivity index (χ1n) is 5.70. The maximum atomic E-state index is 8.79. The highest BCUT2D eigenvalue weighted by Crippen LogP contribution is 2.02. The third-order valence-corrected chi connectivity index (χ3v) is 2.13. The van der Waals surface area contributed by atoms with Crippen LogP contribution in [0, 0.1) is 5.92 Å². The molecule has 0 fully saturated rings. The average Bonchev–Trinajstić information content (AvgIpc) is 2.21. The second kappa shape index (κ2) is 11.0. The van der Waals surface area contributed by atoms with E-state index in [1.54, 1.807) is 0 Å². The number of aliphatic hydroxyl groups is 1. The SMILES string of the molecule is CCCOCCNCCCC(C)CO. The van der Waals surface area contributed by atoms with Crippen molar-refractivity contribution in [2.45, 2.75) is 33.1 Å². The predicted octanol–water partition coefficient (Wildman–Crippen LogP) is 1.41. The molecule has 3 nitrogen and oxygen atoms in total. The molecule has 2 N–H and O–H groups in total. The lowest BCUT2D eigenvalue weighted by Crippen LogP contribution is -2.21. The Morgan fingerprint density at radius 2 is 2.07 bits per heavy atom. The van der Waals surface area contributed by atoms with Gasteiger partial charge >= 0.3 is 0 Å². The van der Waals surface area contributed by atoms with Gasteiger partial charge in [0.25, 0.3) is 0 Å². The van der Waals surface area contributed by atoms with Crippen molar-refractivity contribution in [3.8, 4) is 0 Å². The van der Waals surface area contributed by atoms with Crippen LogP contribution >= 0.6 is 0 Å². The highest BCUT2D eigenvalue weighted by molar-refractivity contribution is 4.53. The van der Waals surface area contributed by atoms with Crippen molar-refractivity contribution >= 4 is 0 Å². The third-order valence-electron chi connectivity index (χ3n) is 2.13. The quantitative estimate of drug-likeness (QED) is 0.528. The standard InChI is InChI=1S/C11H25NO2/c1-3-8-14-9-7-12-6-4-5-11(2)10-13/h11-13H,3-10H2,1-2H3. The van der Waals surface area contributed by atoms with Crippen molar-refractivity contribution in [2.24, 2.45) is 5.92 Å². The summed E-state index contributed by atoms with van der Waals surface area (Å²) >= 11 is 0. The zero-order valence-corrected chi connectivity index (χ0v) is 9.59. The minimum Gasteiger partial charge on any atom is -0.396 e. The van der Waals surface area contributed by atoms with Gasteiger partial charge in [-0.3, -0.25) is 0 Å². The van der Waals surface area contributed by atoms with Gasteiger partial charge in [0, 0.05) is 19.8 Å². The minimum absolute atomic E-state index is 0.305. The highest BCUT2D eigenvalue weighted by atomic mass is 16.5. The number of nitrogens with one attached hydrogen (secondary N) is 1. The van der Waals surface area contributed by atoms with E-state index < -0.39 is 0 Å². The van der Waals surface area contributed by atoms with Crippen LogP contribution in [0.15, 0.2) is 0 Å². The Labute approximate surface area is 87.8 Å². The zero-order valence-electron chi connectivity index (χ0n) is 9.59. The summed E-state index contributed by atoms with van der Waals surface area (Å²) in [6.07, 6.45) is 3.32. The predicted molar refractivity (Wildman–Crippen MR) is 59.5 cm³/mol. The van der Waals surface area contributed by atoms with Gasteiger partial charge < -0.3 is 15.2 Å². The Morgan fingerprint density at radius 1 is 1.29 bits per heavy atom. The van der Waals surface area contributed by atoms with Gasteiger partial charge in [0.1, 0.15) is 0 Å². The van der Waals surface area contributed by atoms with E-state index in [2.05, 4.69) is 19.2 Å². The zero-order chi connectivity index (χ0) is 10.6. The second-order valence-corrected chi connectivity index (χ2v) is 3.79. The van der Waals surface area contributed by atoms with E-state index in [-0.39, 0.29) is 0 Å². The van der Waals surface area contributed by atoms with Crippen LogP contribution in [0.2, 0.25) is 0 Å². The molecule has 0 aliphatic carbocycles. The largest absolute Gasteiger partial charge is 0.396 e. The molecule has 0 amide bonds. The number of rotatable bonds is 10. The Balaban J connectivity index is 2.92. The normalized spacial score (nSPS) is 13.1. The summed E-state index contributed by atoms with van der Waals surface area (Å²) in [7, 11) is 0. The van der Waals surface area contributed by atoms with Gasteiger partial charge in [-0.25, -0.2) is 0 Å². The smallest absolute Gasteiger partial charge is 0.0590 e.